The van der Waals surface area contributed by atoms with Crippen molar-refractivity contribution in [3.8, 4) is 5.75 Å². The highest BCUT2D eigenvalue weighted by Gasteiger charge is 2.29. The number of para-hydroxylation sites is 1. The number of rotatable bonds is 4. The van der Waals surface area contributed by atoms with Gasteiger partial charge in [-0.05, 0) is 12.5 Å². The van der Waals surface area contributed by atoms with Crippen molar-refractivity contribution in [2.24, 2.45) is 11.7 Å². The maximum Gasteiger partial charge on any atom is 0.227 e. The van der Waals surface area contributed by atoms with Gasteiger partial charge in [0.05, 0.1) is 19.4 Å². The number of benzene rings is 1. The van der Waals surface area contributed by atoms with Gasteiger partial charge in [-0.3, -0.25) is 9.59 Å². The van der Waals surface area contributed by atoms with Crippen molar-refractivity contribution in [1.29, 1.82) is 0 Å². The number of carbonyl (C=O) groups excluding carboxylic acids is 2. The average molecular weight is 262 g/mol. The summed E-state index contributed by atoms with van der Waals surface area (Å²) in [6, 6.07) is 7.45. The van der Waals surface area contributed by atoms with Crippen molar-refractivity contribution in [2.75, 3.05) is 20.2 Å². The molecule has 19 heavy (non-hydrogen) atoms. The van der Waals surface area contributed by atoms with Gasteiger partial charge >= 0.3 is 0 Å². The van der Waals surface area contributed by atoms with Gasteiger partial charge in [-0.25, -0.2) is 0 Å². The van der Waals surface area contributed by atoms with E-state index in [1.54, 1.807) is 12.0 Å². The number of likely N-dealkylation sites (tertiary alicyclic amines) is 1. The van der Waals surface area contributed by atoms with Crippen LogP contribution in [0.2, 0.25) is 0 Å². The molecule has 0 spiro atoms. The Bertz CT molecular complexity index is 487. The van der Waals surface area contributed by atoms with Gasteiger partial charge in [0.1, 0.15) is 5.75 Å². The van der Waals surface area contributed by atoms with Crippen LogP contribution in [0.3, 0.4) is 0 Å². The quantitative estimate of drug-likeness (QED) is 0.862. The summed E-state index contributed by atoms with van der Waals surface area (Å²) in [6.07, 6.45) is 0.947. The molecule has 0 aliphatic carbocycles. The van der Waals surface area contributed by atoms with Crippen LogP contribution in [0.15, 0.2) is 24.3 Å². The molecular weight excluding hydrogens is 244 g/mol. The Kier molecular flexibility index (Phi) is 4.04. The van der Waals surface area contributed by atoms with Gasteiger partial charge in [-0.2, -0.15) is 0 Å². The lowest BCUT2D eigenvalue weighted by Gasteiger charge is -2.16. The largest absolute Gasteiger partial charge is 0.496 e. The summed E-state index contributed by atoms with van der Waals surface area (Å²) >= 11 is 0. The number of carbonyl (C=O) groups is 2. The zero-order valence-corrected chi connectivity index (χ0v) is 11.0. The normalized spacial score (nSPS) is 18.4. The van der Waals surface area contributed by atoms with Crippen molar-refractivity contribution in [3.63, 3.8) is 0 Å². The highest BCUT2D eigenvalue weighted by molar-refractivity contribution is 5.82. The van der Waals surface area contributed by atoms with Crippen LogP contribution in [0, 0.1) is 5.92 Å². The van der Waals surface area contributed by atoms with Gasteiger partial charge in [0.15, 0.2) is 0 Å². The van der Waals surface area contributed by atoms with Crippen molar-refractivity contribution in [2.45, 2.75) is 12.8 Å². The van der Waals surface area contributed by atoms with E-state index in [-0.39, 0.29) is 24.2 Å². The van der Waals surface area contributed by atoms with E-state index in [9.17, 15) is 9.59 Å². The summed E-state index contributed by atoms with van der Waals surface area (Å²) < 4.78 is 5.22. The van der Waals surface area contributed by atoms with E-state index in [2.05, 4.69) is 0 Å². The standard InChI is InChI=1S/C14H18N2O3/c1-19-12-5-3-2-4-10(12)8-13(17)16-7-6-11(9-16)14(15)18/h2-5,11H,6-9H2,1H3,(H2,15,18)/t11-/m0/s1. The van der Waals surface area contributed by atoms with Crippen molar-refractivity contribution < 1.29 is 14.3 Å². The van der Waals surface area contributed by atoms with Crippen LogP contribution in [0.4, 0.5) is 0 Å². The molecule has 0 unspecified atom stereocenters. The van der Waals surface area contributed by atoms with Crippen LogP contribution in [0.25, 0.3) is 0 Å². The van der Waals surface area contributed by atoms with Crippen LogP contribution in [-0.2, 0) is 16.0 Å². The molecule has 1 saturated heterocycles. The number of amides is 2. The third-order valence-electron chi connectivity index (χ3n) is 3.48. The molecule has 1 atom stereocenters. The summed E-state index contributed by atoms with van der Waals surface area (Å²) in [6.45, 7) is 1.03. The highest BCUT2D eigenvalue weighted by atomic mass is 16.5. The fraction of sp³-hybridized carbons (Fsp3) is 0.429. The second-order valence-electron chi connectivity index (χ2n) is 4.72. The van der Waals surface area contributed by atoms with Gasteiger partial charge in [0.25, 0.3) is 0 Å². The van der Waals surface area contributed by atoms with Gasteiger partial charge in [0, 0.05) is 18.7 Å². The molecule has 0 radical (unpaired) electrons. The van der Waals surface area contributed by atoms with E-state index in [4.69, 9.17) is 10.5 Å². The third kappa shape index (κ3) is 3.05. The molecule has 0 aromatic heterocycles. The third-order valence-corrected chi connectivity index (χ3v) is 3.48. The minimum Gasteiger partial charge on any atom is -0.496 e. The highest BCUT2D eigenvalue weighted by Crippen LogP contribution is 2.21. The molecule has 1 aromatic carbocycles. The van der Waals surface area contributed by atoms with Crippen LogP contribution in [0.5, 0.6) is 5.75 Å². The Morgan fingerprint density at radius 2 is 2.16 bits per heavy atom. The van der Waals surface area contributed by atoms with Crippen molar-refractivity contribution in [1.82, 2.24) is 4.90 Å². The smallest absolute Gasteiger partial charge is 0.227 e. The molecule has 2 rings (SSSR count). The van der Waals surface area contributed by atoms with E-state index >= 15 is 0 Å². The topological polar surface area (TPSA) is 72.6 Å². The monoisotopic (exact) mass is 262 g/mol. The van der Waals surface area contributed by atoms with E-state index in [1.165, 1.54) is 0 Å². The first-order valence-corrected chi connectivity index (χ1v) is 6.30. The van der Waals surface area contributed by atoms with Gasteiger partial charge in [-0.15, -0.1) is 0 Å². The fourth-order valence-corrected chi connectivity index (χ4v) is 2.34. The van der Waals surface area contributed by atoms with Crippen molar-refractivity contribution in [3.05, 3.63) is 29.8 Å². The maximum atomic E-state index is 12.2. The molecule has 1 fully saturated rings. The van der Waals surface area contributed by atoms with E-state index in [1.807, 2.05) is 24.3 Å². The Morgan fingerprint density at radius 1 is 1.42 bits per heavy atom. The van der Waals surface area contributed by atoms with Gasteiger partial charge < -0.3 is 15.4 Å². The summed E-state index contributed by atoms with van der Waals surface area (Å²) in [5.41, 5.74) is 6.12. The Labute approximate surface area is 112 Å². The summed E-state index contributed by atoms with van der Waals surface area (Å²) in [7, 11) is 1.59. The molecule has 0 bridgehead atoms. The molecule has 2 amide bonds. The molecule has 2 N–H and O–H groups in total. The molecule has 1 aliphatic heterocycles. The molecule has 1 heterocycles. The second-order valence-corrected chi connectivity index (χ2v) is 4.72. The Hall–Kier alpha value is -2.04. The number of methoxy groups -OCH3 is 1. The Morgan fingerprint density at radius 3 is 2.79 bits per heavy atom. The Balaban J connectivity index is 2.00. The number of hydrogen-bond acceptors (Lipinski definition) is 3. The number of nitrogens with two attached hydrogens (primary N) is 1. The molecular formula is C14H18N2O3. The van der Waals surface area contributed by atoms with E-state index in [0.29, 0.717) is 25.3 Å². The predicted octanol–water partition coefficient (Wildman–Crippen LogP) is 0.572. The number of ether oxygens (including phenoxy) is 1. The summed E-state index contributed by atoms with van der Waals surface area (Å²) in [5.74, 6) is 0.184. The summed E-state index contributed by atoms with van der Waals surface area (Å²) in [5, 5.41) is 0. The summed E-state index contributed by atoms with van der Waals surface area (Å²) in [4.78, 5) is 25.0. The van der Waals surface area contributed by atoms with Crippen molar-refractivity contribution >= 4 is 11.8 Å². The first-order chi connectivity index (χ1) is 9.11. The van der Waals surface area contributed by atoms with Crippen LogP contribution in [-0.4, -0.2) is 36.9 Å². The zero-order chi connectivity index (χ0) is 13.8. The molecule has 102 valence electrons. The van der Waals surface area contributed by atoms with E-state index < -0.39 is 0 Å². The first kappa shape index (κ1) is 13.4. The minimum atomic E-state index is -0.326. The molecule has 1 aromatic rings. The van der Waals surface area contributed by atoms with Crippen LogP contribution < -0.4 is 10.5 Å². The molecule has 1 aliphatic rings. The maximum absolute atomic E-state index is 12.2. The lowest BCUT2D eigenvalue weighted by molar-refractivity contribution is -0.129. The number of primary amides is 1. The van der Waals surface area contributed by atoms with E-state index in [0.717, 1.165) is 5.56 Å². The predicted molar refractivity (Wildman–Crippen MR) is 70.6 cm³/mol. The number of nitrogens with zero attached hydrogens (tertiary/aromatic N) is 1. The van der Waals surface area contributed by atoms with Crippen LogP contribution in [0.1, 0.15) is 12.0 Å². The van der Waals surface area contributed by atoms with Gasteiger partial charge in [-0.1, -0.05) is 18.2 Å². The SMILES string of the molecule is COc1ccccc1CC(=O)N1CC[C@H](C(N)=O)C1. The lowest BCUT2D eigenvalue weighted by Crippen LogP contribution is -2.32. The average Bonchev–Trinajstić information content (AvgIpc) is 2.89. The fourth-order valence-electron chi connectivity index (χ4n) is 2.34. The zero-order valence-electron chi connectivity index (χ0n) is 11.0. The number of hydrogen-bond donors (Lipinski definition) is 1. The molecule has 5 nitrogen and oxygen atoms in total. The second kappa shape index (κ2) is 5.73. The minimum absolute atomic E-state index is 0.00764. The lowest BCUT2D eigenvalue weighted by atomic mass is 10.1. The first-order valence-electron chi connectivity index (χ1n) is 6.30. The van der Waals surface area contributed by atoms with Crippen LogP contribution >= 0.6 is 0 Å². The molecule has 5 heteroatoms. The van der Waals surface area contributed by atoms with Gasteiger partial charge in [0.2, 0.25) is 11.8 Å². The molecule has 0 saturated carbocycles.